The molecular formula is C11H20N2O3. The molecule has 1 aliphatic heterocycles. The summed E-state index contributed by atoms with van der Waals surface area (Å²) in [7, 11) is 0. The van der Waals surface area contributed by atoms with Crippen LogP contribution in [0.25, 0.3) is 0 Å². The lowest BCUT2D eigenvalue weighted by molar-refractivity contribution is -0.137. The number of carbonyl (C=O) groups excluding carboxylic acids is 1. The second-order valence-corrected chi connectivity index (χ2v) is 4.45. The van der Waals surface area contributed by atoms with Crippen LogP contribution in [0.2, 0.25) is 0 Å². The summed E-state index contributed by atoms with van der Waals surface area (Å²) in [6.07, 6.45) is 0.642. The van der Waals surface area contributed by atoms with Gasteiger partial charge in [-0.1, -0.05) is 13.8 Å². The minimum Gasteiger partial charge on any atom is -0.481 e. The van der Waals surface area contributed by atoms with Gasteiger partial charge in [0.05, 0.1) is 12.3 Å². The van der Waals surface area contributed by atoms with Crippen LogP contribution in [-0.4, -0.2) is 36.1 Å². The zero-order valence-electron chi connectivity index (χ0n) is 9.82. The Morgan fingerprint density at radius 3 is 2.62 bits per heavy atom. The molecule has 5 heteroatoms. The number of nitrogens with one attached hydrogen (secondary N) is 2. The van der Waals surface area contributed by atoms with Gasteiger partial charge in [-0.05, 0) is 18.9 Å². The number of carboxylic acid groups (broad SMARTS) is 1. The Labute approximate surface area is 95.6 Å². The lowest BCUT2D eigenvalue weighted by atomic mass is 9.96. The van der Waals surface area contributed by atoms with Crippen molar-refractivity contribution in [2.45, 2.75) is 32.7 Å². The molecule has 0 aromatic heterocycles. The summed E-state index contributed by atoms with van der Waals surface area (Å²) in [6.45, 7) is 5.46. The van der Waals surface area contributed by atoms with Crippen LogP contribution in [-0.2, 0) is 9.59 Å². The fraction of sp³-hybridized carbons (Fsp3) is 0.818. The molecule has 3 atom stereocenters. The molecule has 5 nitrogen and oxygen atoms in total. The first-order chi connectivity index (χ1) is 7.54. The summed E-state index contributed by atoms with van der Waals surface area (Å²) in [4.78, 5) is 22.4. The van der Waals surface area contributed by atoms with Gasteiger partial charge in [-0.15, -0.1) is 0 Å². The number of carbonyl (C=O) groups is 2. The average Bonchev–Trinajstić information content (AvgIpc) is 2.62. The van der Waals surface area contributed by atoms with Crippen LogP contribution in [0.15, 0.2) is 0 Å². The minimum atomic E-state index is -0.871. The molecule has 0 aromatic rings. The number of hydrogen-bond donors (Lipinski definition) is 3. The number of carboxylic acids is 1. The van der Waals surface area contributed by atoms with Crippen molar-refractivity contribution in [3.8, 4) is 0 Å². The van der Waals surface area contributed by atoms with E-state index >= 15 is 0 Å². The van der Waals surface area contributed by atoms with Gasteiger partial charge in [0.15, 0.2) is 0 Å². The number of hydrogen-bond acceptors (Lipinski definition) is 3. The van der Waals surface area contributed by atoms with Crippen LogP contribution in [0, 0.1) is 11.8 Å². The van der Waals surface area contributed by atoms with Gasteiger partial charge in [0.2, 0.25) is 5.91 Å². The summed E-state index contributed by atoms with van der Waals surface area (Å²) >= 11 is 0. The van der Waals surface area contributed by atoms with E-state index in [1.807, 2.05) is 13.8 Å². The van der Waals surface area contributed by atoms with Crippen molar-refractivity contribution in [3.63, 3.8) is 0 Å². The van der Waals surface area contributed by atoms with Gasteiger partial charge in [-0.2, -0.15) is 0 Å². The highest BCUT2D eigenvalue weighted by molar-refractivity contribution is 5.80. The summed E-state index contributed by atoms with van der Waals surface area (Å²) < 4.78 is 0. The monoisotopic (exact) mass is 228 g/mol. The third kappa shape index (κ3) is 3.48. The van der Waals surface area contributed by atoms with Crippen LogP contribution < -0.4 is 10.6 Å². The third-order valence-corrected chi connectivity index (χ3v) is 3.11. The van der Waals surface area contributed by atoms with Crippen molar-refractivity contribution in [2.75, 3.05) is 13.1 Å². The third-order valence-electron chi connectivity index (χ3n) is 3.11. The summed E-state index contributed by atoms with van der Waals surface area (Å²) in [5.74, 6) is -0.597. The number of amides is 1. The van der Waals surface area contributed by atoms with E-state index in [1.165, 1.54) is 0 Å². The maximum Gasteiger partial charge on any atom is 0.305 e. The van der Waals surface area contributed by atoms with Gasteiger partial charge in [-0.3, -0.25) is 9.59 Å². The Balaban J connectivity index is 2.45. The lowest BCUT2D eigenvalue weighted by Gasteiger charge is -2.19. The Bertz CT molecular complexity index is 268. The first-order valence-electron chi connectivity index (χ1n) is 5.77. The Morgan fingerprint density at radius 1 is 1.50 bits per heavy atom. The van der Waals surface area contributed by atoms with Crippen LogP contribution in [0.3, 0.4) is 0 Å². The second kappa shape index (κ2) is 5.84. The van der Waals surface area contributed by atoms with Crippen molar-refractivity contribution >= 4 is 11.9 Å². The van der Waals surface area contributed by atoms with E-state index in [1.54, 1.807) is 0 Å². The lowest BCUT2D eigenvalue weighted by Crippen LogP contribution is -2.41. The van der Waals surface area contributed by atoms with Crippen LogP contribution in [0.5, 0.6) is 0 Å². The van der Waals surface area contributed by atoms with Gasteiger partial charge >= 0.3 is 5.97 Å². The molecular weight excluding hydrogens is 208 g/mol. The molecule has 3 N–H and O–H groups in total. The summed E-state index contributed by atoms with van der Waals surface area (Å²) in [6, 6.07) is -0.252. The number of aliphatic carboxylic acids is 1. The van der Waals surface area contributed by atoms with Crippen LogP contribution in [0.1, 0.15) is 26.7 Å². The maximum atomic E-state index is 11.9. The van der Waals surface area contributed by atoms with Crippen LogP contribution in [0.4, 0.5) is 0 Å². The van der Waals surface area contributed by atoms with Gasteiger partial charge < -0.3 is 15.7 Å². The molecule has 0 saturated carbocycles. The zero-order valence-corrected chi connectivity index (χ0v) is 9.82. The van der Waals surface area contributed by atoms with E-state index in [4.69, 9.17) is 5.11 Å². The molecule has 0 spiro atoms. The number of rotatable bonds is 5. The average molecular weight is 228 g/mol. The molecule has 0 radical (unpaired) electrons. The van der Waals surface area contributed by atoms with E-state index in [-0.39, 0.29) is 24.3 Å². The fourth-order valence-corrected chi connectivity index (χ4v) is 1.98. The molecule has 1 saturated heterocycles. The van der Waals surface area contributed by atoms with Crippen molar-refractivity contribution in [3.05, 3.63) is 0 Å². The first kappa shape index (κ1) is 13.0. The van der Waals surface area contributed by atoms with Crippen LogP contribution >= 0.6 is 0 Å². The SMILES string of the molecule is CCC(CC(=O)O)NC(=O)[C@@H]1CNC[C@H]1C. The van der Waals surface area contributed by atoms with Crippen molar-refractivity contribution in [1.29, 1.82) is 0 Å². The summed E-state index contributed by atoms with van der Waals surface area (Å²) in [5, 5.41) is 14.7. The van der Waals surface area contributed by atoms with E-state index in [0.717, 1.165) is 6.54 Å². The van der Waals surface area contributed by atoms with E-state index in [2.05, 4.69) is 10.6 Å². The zero-order chi connectivity index (χ0) is 12.1. The normalized spacial score (nSPS) is 26.4. The molecule has 0 aliphatic carbocycles. The molecule has 0 aromatic carbocycles. The predicted octanol–water partition coefficient (Wildman–Crippen LogP) is 0.211. The molecule has 1 heterocycles. The topological polar surface area (TPSA) is 78.4 Å². The predicted molar refractivity (Wildman–Crippen MR) is 60.0 cm³/mol. The highest BCUT2D eigenvalue weighted by atomic mass is 16.4. The highest BCUT2D eigenvalue weighted by Gasteiger charge is 2.30. The van der Waals surface area contributed by atoms with Crippen molar-refractivity contribution in [1.82, 2.24) is 10.6 Å². The minimum absolute atomic E-state index is 0.00320. The van der Waals surface area contributed by atoms with E-state index in [0.29, 0.717) is 18.9 Å². The van der Waals surface area contributed by atoms with Crippen molar-refractivity contribution in [2.24, 2.45) is 11.8 Å². The molecule has 1 aliphatic rings. The Morgan fingerprint density at radius 2 is 2.19 bits per heavy atom. The van der Waals surface area contributed by atoms with Gasteiger partial charge in [0.1, 0.15) is 0 Å². The molecule has 0 bridgehead atoms. The van der Waals surface area contributed by atoms with E-state index in [9.17, 15) is 9.59 Å². The molecule has 16 heavy (non-hydrogen) atoms. The molecule has 1 rings (SSSR count). The molecule has 92 valence electrons. The molecule has 1 unspecified atom stereocenters. The van der Waals surface area contributed by atoms with Gasteiger partial charge in [0, 0.05) is 12.6 Å². The first-order valence-corrected chi connectivity index (χ1v) is 5.77. The van der Waals surface area contributed by atoms with Gasteiger partial charge in [-0.25, -0.2) is 0 Å². The fourth-order valence-electron chi connectivity index (χ4n) is 1.98. The highest BCUT2D eigenvalue weighted by Crippen LogP contribution is 2.16. The Hall–Kier alpha value is -1.10. The van der Waals surface area contributed by atoms with Crippen molar-refractivity contribution < 1.29 is 14.7 Å². The summed E-state index contributed by atoms with van der Waals surface area (Å²) in [5.41, 5.74) is 0. The standard InChI is InChI=1S/C11H20N2O3/c1-3-8(4-10(14)15)13-11(16)9-6-12-5-7(9)2/h7-9,12H,3-6H2,1-2H3,(H,13,16)(H,14,15)/t7-,8?,9-/m1/s1. The Kier molecular flexibility index (Phi) is 4.73. The smallest absolute Gasteiger partial charge is 0.305 e. The van der Waals surface area contributed by atoms with E-state index < -0.39 is 5.97 Å². The largest absolute Gasteiger partial charge is 0.481 e. The second-order valence-electron chi connectivity index (χ2n) is 4.45. The quantitative estimate of drug-likeness (QED) is 0.628. The molecule has 1 amide bonds. The van der Waals surface area contributed by atoms with Gasteiger partial charge in [0.25, 0.3) is 0 Å². The molecule has 1 fully saturated rings. The maximum absolute atomic E-state index is 11.9.